The summed E-state index contributed by atoms with van der Waals surface area (Å²) in [5, 5.41) is 9.17. The number of benzene rings is 1. The molecule has 0 aliphatic carbocycles. The van der Waals surface area contributed by atoms with Crippen LogP contribution in [-0.4, -0.2) is 26.9 Å². The van der Waals surface area contributed by atoms with Gasteiger partial charge in [0.2, 0.25) is 16.8 Å². The van der Waals surface area contributed by atoms with Crippen LogP contribution in [0.25, 0.3) is 0 Å². The fourth-order valence-electron chi connectivity index (χ4n) is 2.53. The Hall–Kier alpha value is -2.43. The van der Waals surface area contributed by atoms with Gasteiger partial charge in [0, 0.05) is 0 Å². The molecule has 8 nitrogen and oxygen atoms in total. The van der Waals surface area contributed by atoms with E-state index >= 15 is 0 Å². The number of ketones is 1. The van der Waals surface area contributed by atoms with Crippen molar-refractivity contribution in [2.75, 3.05) is 12.1 Å². The molecule has 3 rings (SSSR count). The predicted molar refractivity (Wildman–Crippen MR) is 91.0 cm³/mol. The van der Waals surface area contributed by atoms with Gasteiger partial charge in [-0.25, -0.2) is 13.6 Å². The lowest BCUT2D eigenvalue weighted by Crippen LogP contribution is -2.19. The predicted octanol–water partition coefficient (Wildman–Crippen LogP) is 1.89. The molecule has 1 aliphatic heterocycles. The number of carbonyl (C=O) groups excluding carboxylic acids is 2. The number of hydrogen-bond acceptors (Lipinski definition) is 7. The van der Waals surface area contributed by atoms with Gasteiger partial charge in [-0.3, -0.25) is 9.59 Å². The van der Waals surface area contributed by atoms with E-state index in [1.165, 1.54) is 18.4 Å². The molecule has 0 atom stereocenters. The van der Waals surface area contributed by atoms with Crippen molar-refractivity contribution < 1.29 is 27.5 Å². The lowest BCUT2D eigenvalue weighted by atomic mass is 10.0. The molecule has 1 aromatic heterocycles. The number of sulfonamides is 1. The summed E-state index contributed by atoms with van der Waals surface area (Å²) in [4.78, 5) is 24.3. The van der Waals surface area contributed by atoms with E-state index in [2.05, 4.69) is 5.32 Å². The van der Waals surface area contributed by atoms with E-state index in [4.69, 9.17) is 14.6 Å². The number of primary sulfonamides is 1. The molecule has 0 saturated heterocycles. The van der Waals surface area contributed by atoms with Crippen LogP contribution in [0, 0.1) is 6.92 Å². The molecule has 0 unspecified atom stereocenters. The summed E-state index contributed by atoms with van der Waals surface area (Å²) in [6.45, 7) is 3.01. The van der Waals surface area contributed by atoms with E-state index in [9.17, 15) is 18.0 Å². The first-order valence-corrected chi connectivity index (χ1v) is 9.48. The van der Waals surface area contributed by atoms with E-state index in [1.807, 2.05) is 0 Å². The highest BCUT2D eigenvalue weighted by molar-refractivity contribution is 7.89. The zero-order chi connectivity index (χ0) is 18.4. The molecular weight excluding hydrogens is 368 g/mol. The zero-order valence-electron chi connectivity index (χ0n) is 13.3. The highest BCUT2D eigenvalue weighted by atomic mass is 32.2. The number of carbonyl (C=O) groups is 2. The maximum Gasteiger partial charge on any atom is 0.267 e. The SMILES string of the molecule is CC(=O)c1c(NC(=O)c2sccc2S(N)(=O)=O)c(C)cc2c1OCO2. The van der Waals surface area contributed by atoms with Crippen molar-refractivity contribution in [3.05, 3.63) is 33.5 Å². The third kappa shape index (κ3) is 3.11. The van der Waals surface area contributed by atoms with Crippen LogP contribution in [0.5, 0.6) is 11.5 Å². The van der Waals surface area contributed by atoms with Gasteiger partial charge in [-0.05, 0) is 36.9 Å². The largest absolute Gasteiger partial charge is 0.454 e. The Labute approximate surface area is 147 Å². The second-order valence-electron chi connectivity index (χ2n) is 5.35. The second kappa shape index (κ2) is 6.14. The third-order valence-corrected chi connectivity index (χ3v) is 5.59. The van der Waals surface area contributed by atoms with Gasteiger partial charge in [-0.1, -0.05) is 0 Å². The lowest BCUT2D eigenvalue weighted by molar-refractivity contribution is 0.101. The van der Waals surface area contributed by atoms with E-state index in [0.29, 0.717) is 11.3 Å². The average molecular weight is 382 g/mol. The number of thiophene rings is 1. The maximum absolute atomic E-state index is 12.6. The van der Waals surface area contributed by atoms with Crippen molar-refractivity contribution >= 4 is 38.7 Å². The number of fused-ring (bicyclic) bond motifs is 1. The maximum atomic E-state index is 12.6. The van der Waals surface area contributed by atoms with Gasteiger partial charge in [-0.2, -0.15) is 0 Å². The molecule has 1 amide bonds. The van der Waals surface area contributed by atoms with Gasteiger partial charge in [0.1, 0.15) is 9.77 Å². The van der Waals surface area contributed by atoms with Crippen molar-refractivity contribution in [1.82, 2.24) is 0 Å². The smallest absolute Gasteiger partial charge is 0.267 e. The van der Waals surface area contributed by atoms with Gasteiger partial charge < -0.3 is 14.8 Å². The summed E-state index contributed by atoms with van der Waals surface area (Å²) in [5.41, 5.74) is 1.00. The molecule has 3 N–H and O–H groups in total. The first kappa shape index (κ1) is 17.4. The molecule has 0 radical (unpaired) electrons. The van der Waals surface area contributed by atoms with Crippen LogP contribution in [0.3, 0.4) is 0 Å². The first-order valence-electron chi connectivity index (χ1n) is 7.06. The van der Waals surface area contributed by atoms with E-state index in [-0.39, 0.29) is 39.3 Å². The number of anilines is 1. The number of Topliss-reactive ketones (excluding diaryl/α,β-unsaturated/α-hetero) is 1. The van der Waals surface area contributed by atoms with Crippen LogP contribution < -0.4 is 19.9 Å². The quantitative estimate of drug-likeness (QED) is 0.778. The van der Waals surface area contributed by atoms with E-state index in [0.717, 1.165) is 11.3 Å². The Bertz CT molecular complexity index is 994. The minimum atomic E-state index is -4.04. The number of rotatable bonds is 4. The third-order valence-electron chi connectivity index (χ3n) is 3.59. The lowest BCUT2D eigenvalue weighted by Gasteiger charge is -2.14. The van der Waals surface area contributed by atoms with Crippen LogP contribution in [0.15, 0.2) is 22.4 Å². The molecule has 1 aromatic carbocycles. The van der Waals surface area contributed by atoms with Crippen LogP contribution in [-0.2, 0) is 10.0 Å². The van der Waals surface area contributed by atoms with Crippen molar-refractivity contribution in [2.24, 2.45) is 5.14 Å². The highest BCUT2D eigenvalue weighted by Crippen LogP contribution is 2.42. The van der Waals surface area contributed by atoms with Crippen LogP contribution >= 0.6 is 11.3 Å². The number of ether oxygens (including phenoxy) is 2. The van der Waals surface area contributed by atoms with Crippen LogP contribution in [0.4, 0.5) is 5.69 Å². The minimum Gasteiger partial charge on any atom is -0.454 e. The number of hydrogen-bond donors (Lipinski definition) is 2. The number of nitrogens with two attached hydrogens (primary N) is 1. The molecule has 0 bridgehead atoms. The Kier molecular flexibility index (Phi) is 4.27. The van der Waals surface area contributed by atoms with E-state index < -0.39 is 15.9 Å². The summed E-state index contributed by atoms with van der Waals surface area (Å²) in [6, 6.07) is 2.90. The highest BCUT2D eigenvalue weighted by Gasteiger charge is 2.28. The molecule has 0 fully saturated rings. The standard InChI is InChI=1S/C15H14N2O6S2/c1-7-5-9-13(23-6-22-9)11(8(2)18)12(7)17-15(19)14-10(3-4-24-14)25(16,20)21/h3-5H,6H2,1-2H3,(H,17,19)(H2,16,20,21). The fraction of sp³-hybridized carbons (Fsp3) is 0.200. The Morgan fingerprint density at radius 2 is 2.04 bits per heavy atom. The van der Waals surface area contributed by atoms with Crippen molar-refractivity contribution in [2.45, 2.75) is 18.7 Å². The molecule has 0 spiro atoms. The normalized spacial score (nSPS) is 12.9. The number of nitrogens with one attached hydrogen (secondary N) is 1. The van der Waals surface area contributed by atoms with Crippen LogP contribution in [0.2, 0.25) is 0 Å². The Morgan fingerprint density at radius 3 is 2.68 bits per heavy atom. The summed E-state index contributed by atoms with van der Waals surface area (Å²) in [5.74, 6) is -0.324. The minimum absolute atomic E-state index is 0.0209. The average Bonchev–Trinajstić information content (AvgIpc) is 3.14. The molecule has 2 heterocycles. The summed E-state index contributed by atoms with van der Waals surface area (Å²) >= 11 is 0.937. The second-order valence-corrected chi connectivity index (χ2v) is 7.79. The zero-order valence-corrected chi connectivity index (χ0v) is 14.9. The monoisotopic (exact) mass is 382 g/mol. The molecule has 10 heteroatoms. The number of amides is 1. The first-order chi connectivity index (χ1) is 11.7. The number of aryl methyl sites for hydroxylation is 1. The summed E-state index contributed by atoms with van der Waals surface area (Å²) in [6.07, 6.45) is 0. The molecular formula is C15H14N2O6S2. The topological polar surface area (TPSA) is 125 Å². The van der Waals surface area contributed by atoms with Crippen molar-refractivity contribution in [3.63, 3.8) is 0 Å². The molecule has 1 aliphatic rings. The van der Waals surface area contributed by atoms with Gasteiger partial charge in [0.25, 0.3) is 5.91 Å². The van der Waals surface area contributed by atoms with Gasteiger partial charge >= 0.3 is 0 Å². The fourth-order valence-corrected chi connectivity index (χ4v) is 4.40. The summed E-state index contributed by atoms with van der Waals surface area (Å²) < 4.78 is 33.8. The van der Waals surface area contributed by atoms with Gasteiger partial charge in [-0.15, -0.1) is 11.3 Å². The van der Waals surface area contributed by atoms with E-state index in [1.54, 1.807) is 13.0 Å². The molecule has 132 valence electrons. The molecule has 0 saturated carbocycles. The Morgan fingerprint density at radius 1 is 1.32 bits per heavy atom. The molecule has 2 aromatic rings. The van der Waals surface area contributed by atoms with Gasteiger partial charge in [0.15, 0.2) is 17.3 Å². The van der Waals surface area contributed by atoms with Crippen molar-refractivity contribution in [3.8, 4) is 11.5 Å². The molecule has 25 heavy (non-hydrogen) atoms. The van der Waals surface area contributed by atoms with Crippen LogP contribution in [0.1, 0.15) is 32.5 Å². The summed E-state index contributed by atoms with van der Waals surface area (Å²) in [7, 11) is -4.04. The Balaban J connectivity index is 2.06. The van der Waals surface area contributed by atoms with Crippen molar-refractivity contribution in [1.29, 1.82) is 0 Å². The van der Waals surface area contributed by atoms with Gasteiger partial charge in [0.05, 0.1) is 11.3 Å².